The molecule has 0 aliphatic carbocycles. The molecule has 1 saturated heterocycles. The summed E-state index contributed by atoms with van der Waals surface area (Å²) < 4.78 is 39.5. The van der Waals surface area contributed by atoms with Gasteiger partial charge in [-0.05, 0) is 31.2 Å². The van der Waals surface area contributed by atoms with E-state index in [2.05, 4.69) is 5.32 Å². The summed E-state index contributed by atoms with van der Waals surface area (Å²) in [4.78, 5) is 26.6. The average Bonchev–Trinajstić information content (AvgIpc) is 2.96. The van der Waals surface area contributed by atoms with Crippen LogP contribution in [0.3, 0.4) is 0 Å². The van der Waals surface area contributed by atoms with Gasteiger partial charge in [-0.3, -0.25) is 14.5 Å². The highest BCUT2D eigenvalue weighted by molar-refractivity contribution is 8.26. The van der Waals surface area contributed by atoms with Crippen molar-refractivity contribution in [2.45, 2.75) is 19.1 Å². The van der Waals surface area contributed by atoms with E-state index in [0.29, 0.717) is 5.56 Å². The number of benzene rings is 2. The quantitative estimate of drug-likeness (QED) is 0.523. The Morgan fingerprint density at radius 1 is 1.20 bits per heavy atom. The van der Waals surface area contributed by atoms with Crippen LogP contribution in [-0.4, -0.2) is 32.2 Å². The molecule has 1 atom stereocenters. The molecule has 0 radical (unpaired) electrons. The Morgan fingerprint density at radius 3 is 2.50 bits per heavy atom. The first-order valence-electron chi connectivity index (χ1n) is 8.61. The third-order valence-corrected chi connectivity index (χ3v) is 5.63. The molecule has 30 heavy (non-hydrogen) atoms. The molecule has 2 N–H and O–H groups in total. The van der Waals surface area contributed by atoms with Gasteiger partial charge in [-0.2, -0.15) is 13.2 Å². The van der Waals surface area contributed by atoms with Crippen molar-refractivity contribution in [3.05, 3.63) is 64.6 Å². The van der Waals surface area contributed by atoms with E-state index in [1.807, 2.05) is 0 Å². The number of amides is 2. The van der Waals surface area contributed by atoms with Crippen LogP contribution in [0.25, 0.3) is 6.08 Å². The number of thioether (sulfide) groups is 1. The summed E-state index contributed by atoms with van der Waals surface area (Å²) in [6, 6.07) is 9.80. The zero-order chi connectivity index (χ0) is 22.1. The SMILES string of the molecule is CC(C(=O)Nc1ccccc1C(F)(F)F)N1C(=O)/C(=C/c2ccccc2O)SC1=S. The first-order valence-corrected chi connectivity index (χ1v) is 9.84. The van der Waals surface area contributed by atoms with E-state index in [1.165, 1.54) is 31.2 Å². The van der Waals surface area contributed by atoms with Gasteiger partial charge in [0.2, 0.25) is 5.91 Å². The number of phenols is 1. The first kappa shape index (κ1) is 21.8. The molecule has 1 fully saturated rings. The fraction of sp³-hybridized carbons (Fsp3) is 0.150. The largest absolute Gasteiger partial charge is 0.507 e. The van der Waals surface area contributed by atoms with Gasteiger partial charge in [0.05, 0.1) is 16.2 Å². The molecule has 10 heteroatoms. The topological polar surface area (TPSA) is 69.6 Å². The Balaban J connectivity index is 1.81. The van der Waals surface area contributed by atoms with E-state index in [0.717, 1.165) is 28.8 Å². The van der Waals surface area contributed by atoms with Gasteiger partial charge >= 0.3 is 6.18 Å². The number of hydrogen-bond donors (Lipinski definition) is 2. The van der Waals surface area contributed by atoms with Crippen molar-refractivity contribution in [3.63, 3.8) is 0 Å². The number of nitrogens with one attached hydrogen (secondary N) is 1. The van der Waals surface area contributed by atoms with Crippen LogP contribution >= 0.6 is 24.0 Å². The number of alkyl halides is 3. The number of hydrogen-bond acceptors (Lipinski definition) is 5. The third-order valence-electron chi connectivity index (χ3n) is 4.30. The molecule has 0 bridgehead atoms. The second-order valence-electron chi connectivity index (χ2n) is 6.32. The van der Waals surface area contributed by atoms with Gasteiger partial charge in [-0.1, -0.05) is 54.3 Å². The highest BCUT2D eigenvalue weighted by Crippen LogP contribution is 2.37. The molecule has 1 heterocycles. The van der Waals surface area contributed by atoms with Crippen LogP contribution in [0.5, 0.6) is 5.75 Å². The summed E-state index contributed by atoms with van der Waals surface area (Å²) in [5.41, 5.74) is -0.998. The molecule has 0 saturated carbocycles. The van der Waals surface area contributed by atoms with Gasteiger partial charge in [0, 0.05) is 5.56 Å². The highest BCUT2D eigenvalue weighted by atomic mass is 32.2. The lowest BCUT2D eigenvalue weighted by atomic mass is 10.1. The van der Waals surface area contributed by atoms with E-state index in [1.54, 1.807) is 18.2 Å². The molecule has 1 unspecified atom stereocenters. The number of halogens is 3. The molecule has 2 aromatic rings. The molecule has 1 aliphatic heterocycles. The minimum absolute atomic E-state index is 0.0303. The van der Waals surface area contributed by atoms with Gasteiger partial charge in [-0.25, -0.2) is 0 Å². The van der Waals surface area contributed by atoms with E-state index < -0.39 is 35.3 Å². The minimum atomic E-state index is -4.64. The Morgan fingerprint density at radius 2 is 1.83 bits per heavy atom. The van der Waals surface area contributed by atoms with Crippen molar-refractivity contribution in [2.75, 3.05) is 5.32 Å². The summed E-state index contributed by atoms with van der Waals surface area (Å²) in [6.07, 6.45) is -3.20. The van der Waals surface area contributed by atoms with Crippen LogP contribution < -0.4 is 5.32 Å². The second-order valence-corrected chi connectivity index (χ2v) is 7.99. The maximum absolute atomic E-state index is 13.1. The number of nitrogens with zero attached hydrogens (tertiary/aromatic N) is 1. The Kier molecular flexibility index (Phi) is 6.18. The Bertz CT molecular complexity index is 1050. The van der Waals surface area contributed by atoms with Crippen LogP contribution in [0.4, 0.5) is 18.9 Å². The van der Waals surface area contributed by atoms with Gasteiger partial charge in [0.15, 0.2) is 0 Å². The third kappa shape index (κ3) is 4.49. The summed E-state index contributed by atoms with van der Waals surface area (Å²) in [5.74, 6) is -1.41. The summed E-state index contributed by atoms with van der Waals surface area (Å²) >= 11 is 6.14. The highest BCUT2D eigenvalue weighted by Gasteiger charge is 2.39. The average molecular weight is 452 g/mol. The lowest BCUT2D eigenvalue weighted by Gasteiger charge is -2.23. The van der Waals surface area contributed by atoms with Crippen LogP contribution in [0.15, 0.2) is 53.4 Å². The summed E-state index contributed by atoms with van der Waals surface area (Å²) in [7, 11) is 0. The Labute approximate surface area is 179 Å². The van der Waals surface area contributed by atoms with E-state index in [-0.39, 0.29) is 15.0 Å². The number of carbonyl (C=O) groups excluding carboxylic acids is 2. The zero-order valence-electron chi connectivity index (χ0n) is 15.4. The van der Waals surface area contributed by atoms with Crippen LogP contribution in [-0.2, 0) is 15.8 Å². The van der Waals surface area contributed by atoms with Gasteiger partial charge in [0.25, 0.3) is 5.91 Å². The van der Waals surface area contributed by atoms with E-state index >= 15 is 0 Å². The fourth-order valence-corrected chi connectivity index (χ4v) is 4.17. The summed E-state index contributed by atoms with van der Waals surface area (Å²) in [6.45, 7) is 1.37. The van der Waals surface area contributed by atoms with Crippen molar-refractivity contribution in [3.8, 4) is 5.75 Å². The lowest BCUT2D eigenvalue weighted by molar-refractivity contribution is -0.137. The van der Waals surface area contributed by atoms with Crippen molar-refractivity contribution in [1.29, 1.82) is 0 Å². The number of aromatic hydroxyl groups is 1. The second kappa shape index (κ2) is 8.49. The van der Waals surface area contributed by atoms with Crippen LogP contribution in [0.1, 0.15) is 18.1 Å². The Hall–Kier alpha value is -2.85. The van der Waals surface area contributed by atoms with Gasteiger partial charge in [0.1, 0.15) is 16.1 Å². The smallest absolute Gasteiger partial charge is 0.418 e. The normalized spacial score (nSPS) is 16.8. The van der Waals surface area contributed by atoms with Crippen LogP contribution in [0.2, 0.25) is 0 Å². The summed E-state index contributed by atoms with van der Waals surface area (Å²) in [5, 5.41) is 12.1. The zero-order valence-corrected chi connectivity index (χ0v) is 17.1. The van der Waals surface area contributed by atoms with Crippen molar-refractivity contribution >= 4 is 51.9 Å². The number of rotatable bonds is 4. The molecule has 156 valence electrons. The van der Waals surface area contributed by atoms with Crippen molar-refractivity contribution in [2.24, 2.45) is 0 Å². The number of anilines is 1. The maximum Gasteiger partial charge on any atom is 0.418 e. The van der Waals surface area contributed by atoms with Crippen molar-refractivity contribution in [1.82, 2.24) is 4.90 Å². The molecular weight excluding hydrogens is 437 g/mol. The van der Waals surface area contributed by atoms with Crippen LogP contribution in [0, 0.1) is 0 Å². The predicted molar refractivity (Wildman–Crippen MR) is 113 cm³/mol. The lowest BCUT2D eigenvalue weighted by Crippen LogP contribution is -2.44. The number of carbonyl (C=O) groups is 2. The first-order chi connectivity index (χ1) is 14.1. The van der Waals surface area contributed by atoms with Crippen molar-refractivity contribution < 1.29 is 27.9 Å². The maximum atomic E-state index is 13.1. The predicted octanol–water partition coefficient (Wildman–Crippen LogP) is 4.64. The number of phenolic OH excluding ortho intramolecular Hbond substituents is 1. The molecule has 0 aromatic heterocycles. The fourth-order valence-electron chi connectivity index (χ4n) is 2.76. The van der Waals surface area contributed by atoms with Gasteiger partial charge < -0.3 is 10.4 Å². The molecule has 5 nitrogen and oxygen atoms in total. The molecule has 1 aliphatic rings. The molecule has 0 spiro atoms. The molecule has 2 aromatic carbocycles. The standard InChI is InChI=1S/C20H15F3N2O3S2/c1-11(17(27)24-14-8-4-3-7-13(14)20(21,22)23)25-18(28)16(30-19(25)29)10-12-6-2-5-9-15(12)26/h2-11,26H,1H3,(H,24,27)/b16-10-. The monoisotopic (exact) mass is 452 g/mol. The number of thiocarbonyl (C=S) groups is 1. The molecule has 2 amide bonds. The minimum Gasteiger partial charge on any atom is -0.507 e. The van der Waals surface area contributed by atoms with Gasteiger partial charge in [-0.15, -0.1) is 0 Å². The van der Waals surface area contributed by atoms with E-state index in [9.17, 15) is 27.9 Å². The van der Waals surface area contributed by atoms with E-state index in [4.69, 9.17) is 12.2 Å². The molecule has 3 rings (SSSR count). The molecular formula is C20H15F3N2O3S2. The number of para-hydroxylation sites is 2.